The normalized spacial score (nSPS) is 17.6. The number of anilines is 1. The van der Waals surface area contributed by atoms with E-state index >= 15 is 0 Å². The van der Waals surface area contributed by atoms with Crippen molar-refractivity contribution in [2.75, 3.05) is 12.0 Å². The number of thioether (sulfide) groups is 1. The maximum Gasteiger partial charge on any atom is 0.331 e. The van der Waals surface area contributed by atoms with Crippen molar-refractivity contribution in [3.63, 3.8) is 0 Å². The average Bonchev–Trinajstić information content (AvgIpc) is 2.95. The molecule has 144 valence electrons. The molecule has 0 spiro atoms. The van der Waals surface area contributed by atoms with Gasteiger partial charge in [0.1, 0.15) is 0 Å². The summed E-state index contributed by atoms with van der Waals surface area (Å²) in [6.45, 7) is 5.27. The molecule has 7 heteroatoms. The van der Waals surface area contributed by atoms with Crippen LogP contribution in [0.2, 0.25) is 0 Å². The van der Waals surface area contributed by atoms with Gasteiger partial charge in [-0.2, -0.15) is 4.99 Å². The Morgan fingerprint density at radius 3 is 2.46 bits per heavy atom. The molecule has 0 aliphatic carbocycles. The van der Waals surface area contributed by atoms with Gasteiger partial charge >= 0.3 is 5.97 Å². The molecule has 0 N–H and O–H groups in total. The molecule has 1 aliphatic rings. The van der Waals surface area contributed by atoms with E-state index < -0.39 is 17.3 Å². The first-order chi connectivity index (χ1) is 13.2. The monoisotopic (exact) mass is 396 g/mol. The Kier molecular flexibility index (Phi) is 5.38. The lowest BCUT2D eigenvalue weighted by Crippen LogP contribution is -2.31. The van der Waals surface area contributed by atoms with Crippen LogP contribution in [0.3, 0.4) is 0 Å². The van der Waals surface area contributed by atoms with Crippen LogP contribution in [0.4, 0.5) is 5.69 Å². The first kappa shape index (κ1) is 19.8. The first-order valence-corrected chi connectivity index (χ1v) is 9.47. The third kappa shape index (κ3) is 3.84. The number of carbonyl (C=O) groups excluding carboxylic acids is 3. The summed E-state index contributed by atoms with van der Waals surface area (Å²) < 4.78 is 4.64. The van der Waals surface area contributed by atoms with E-state index in [4.69, 9.17) is 0 Å². The molecule has 6 nitrogen and oxygen atoms in total. The van der Waals surface area contributed by atoms with E-state index in [2.05, 4.69) is 9.73 Å². The zero-order valence-corrected chi connectivity index (χ0v) is 16.9. The summed E-state index contributed by atoms with van der Waals surface area (Å²) in [4.78, 5) is 43.0. The van der Waals surface area contributed by atoms with Gasteiger partial charge in [-0.3, -0.25) is 14.5 Å². The van der Waals surface area contributed by atoms with E-state index in [1.807, 2.05) is 36.4 Å². The van der Waals surface area contributed by atoms with Crippen molar-refractivity contribution in [3.05, 3.63) is 53.4 Å². The molecule has 1 heterocycles. The van der Waals surface area contributed by atoms with E-state index in [-0.39, 0.29) is 16.0 Å². The Labute approximate surface area is 167 Å². The summed E-state index contributed by atoms with van der Waals surface area (Å²) in [5, 5.41) is 2.01. The molecule has 28 heavy (non-hydrogen) atoms. The van der Waals surface area contributed by atoms with Gasteiger partial charge in [-0.1, -0.05) is 57.2 Å². The second kappa shape index (κ2) is 7.59. The second-order valence-corrected chi connectivity index (χ2v) is 8.23. The second-order valence-electron chi connectivity index (χ2n) is 7.22. The van der Waals surface area contributed by atoms with E-state index in [0.717, 1.165) is 28.6 Å². The number of hydrogen-bond donors (Lipinski definition) is 0. The molecule has 2 aromatic carbocycles. The highest BCUT2D eigenvalue weighted by Gasteiger charge is 2.37. The van der Waals surface area contributed by atoms with Gasteiger partial charge in [-0.25, -0.2) is 4.79 Å². The van der Waals surface area contributed by atoms with E-state index in [1.54, 1.807) is 26.8 Å². The predicted octanol–water partition coefficient (Wildman–Crippen LogP) is 3.91. The van der Waals surface area contributed by atoms with Crippen molar-refractivity contribution in [3.8, 4) is 0 Å². The van der Waals surface area contributed by atoms with Gasteiger partial charge in [-0.05, 0) is 23.2 Å². The van der Waals surface area contributed by atoms with E-state index in [9.17, 15) is 14.4 Å². The van der Waals surface area contributed by atoms with Crippen molar-refractivity contribution in [2.45, 2.75) is 20.8 Å². The number of fused-ring (bicyclic) bond motifs is 1. The van der Waals surface area contributed by atoms with Crippen molar-refractivity contribution in [1.82, 2.24) is 0 Å². The summed E-state index contributed by atoms with van der Waals surface area (Å²) in [6, 6.07) is 13.2. The third-order valence-corrected chi connectivity index (χ3v) is 5.07. The molecule has 1 fully saturated rings. The average molecular weight is 396 g/mol. The lowest BCUT2D eigenvalue weighted by Gasteiger charge is -2.19. The standard InChI is InChI=1S/C21H20N2O4S/c1-21(2,3)19(26)22-20-23(18(25)16(28-20)12-17(24)27-4)15-11-7-9-13-8-5-6-10-14(13)15/h5-12H,1-4H3. The molecule has 0 atom stereocenters. The van der Waals surface area contributed by atoms with Crippen molar-refractivity contribution >= 4 is 51.2 Å². The van der Waals surface area contributed by atoms with Crippen LogP contribution in [0.1, 0.15) is 20.8 Å². The summed E-state index contributed by atoms with van der Waals surface area (Å²) in [6.07, 6.45) is 1.12. The molecule has 0 aromatic heterocycles. The number of esters is 1. The van der Waals surface area contributed by atoms with Gasteiger partial charge in [0, 0.05) is 16.9 Å². The molecule has 2 aromatic rings. The number of carbonyl (C=O) groups is 3. The number of amides is 2. The molecular weight excluding hydrogens is 376 g/mol. The van der Waals surface area contributed by atoms with Crippen LogP contribution >= 0.6 is 11.8 Å². The van der Waals surface area contributed by atoms with Crippen LogP contribution in [-0.4, -0.2) is 30.1 Å². The minimum absolute atomic E-state index is 0.153. The number of hydrogen-bond acceptors (Lipinski definition) is 5. The molecular formula is C21H20N2O4S. The molecule has 0 unspecified atom stereocenters. The molecule has 0 saturated carbocycles. The van der Waals surface area contributed by atoms with Crippen LogP contribution in [0, 0.1) is 5.41 Å². The van der Waals surface area contributed by atoms with Crippen molar-refractivity contribution in [1.29, 1.82) is 0 Å². The number of methoxy groups -OCH3 is 1. The summed E-state index contributed by atoms with van der Waals surface area (Å²) in [7, 11) is 1.24. The highest BCUT2D eigenvalue weighted by molar-refractivity contribution is 8.19. The largest absolute Gasteiger partial charge is 0.466 e. The lowest BCUT2D eigenvalue weighted by atomic mass is 9.96. The van der Waals surface area contributed by atoms with E-state index in [1.165, 1.54) is 12.0 Å². The minimum atomic E-state index is -0.699. The molecule has 0 radical (unpaired) electrons. The summed E-state index contributed by atoms with van der Waals surface area (Å²) in [5.41, 5.74) is -0.0973. The Hall–Kier alpha value is -2.93. The van der Waals surface area contributed by atoms with E-state index in [0.29, 0.717) is 5.69 Å². The number of benzene rings is 2. The Morgan fingerprint density at radius 1 is 1.11 bits per heavy atom. The smallest absolute Gasteiger partial charge is 0.331 e. The first-order valence-electron chi connectivity index (χ1n) is 8.65. The fourth-order valence-electron chi connectivity index (χ4n) is 2.59. The number of amidine groups is 1. The molecule has 3 rings (SSSR count). The van der Waals surface area contributed by atoms with Gasteiger partial charge in [0.15, 0.2) is 5.17 Å². The van der Waals surface area contributed by atoms with Crippen LogP contribution in [0.25, 0.3) is 10.8 Å². The minimum Gasteiger partial charge on any atom is -0.466 e. The molecule has 2 amide bonds. The third-order valence-electron chi connectivity index (χ3n) is 4.10. The van der Waals surface area contributed by atoms with Crippen molar-refractivity contribution in [2.24, 2.45) is 10.4 Å². The van der Waals surface area contributed by atoms with Gasteiger partial charge in [-0.15, -0.1) is 0 Å². The maximum atomic E-state index is 13.1. The highest BCUT2D eigenvalue weighted by atomic mass is 32.2. The SMILES string of the molecule is COC(=O)C=C1SC(=NC(=O)C(C)(C)C)N(c2cccc3ccccc23)C1=O. The Bertz CT molecular complexity index is 1030. The van der Waals surface area contributed by atoms with Crippen molar-refractivity contribution < 1.29 is 19.1 Å². The van der Waals surface area contributed by atoms with Crippen LogP contribution in [0.5, 0.6) is 0 Å². The topological polar surface area (TPSA) is 76.0 Å². The van der Waals surface area contributed by atoms with Gasteiger partial charge in [0.2, 0.25) is 0 Å². The fourth-order valence-corrected chi connectivity index (χ4v) is 3.52. The molecule has 1 aliphatic heterocycles. The van der Waals surface area contributed by atoms with Crippen LogP contribution in [-0.2, 0) is 19.1 Å². The zero-order chi connectivity index (χ0) is 20.5. The van der Waals surface area contributed by atoms with Crippen LogP contribution in [0.15, 0.2) is 58.4 Å². The molecule has 0 bridgehead atoms. The molecule has 1 saturated heterocycles. The fraction of sp³-hybridized carbons (Fsp3) is 0.238. The quantitative estimate of drug-likeness (QED) is 0.568. The van der Waals surface area contributed by atoms with Crippen LogP contribution < -0.4 is 4.90 Å². The van der Waals surface area contributed by atoms with Gasteiger partial charge in [0.05, 0.1) is 17.7 Å². The number of aliphatic imine (C=N–C) groups is 1. The van der Waals surface area contributed by atoms with Gasteiger partial charge < -0.3 is 4.74 Å². The Morgan fingerprint density at radius 2 is 1.79 bits per heavy atom. The number of ether oxygens (including phenoxy) is 1. The number of rotatable bonds is 2. The maximum absolute atomic E-state index is 13.1. The highest BCUT2D eigenvalue weighted by Crippen LogP contribution is 2.38. The lowest BCUT2D eigenvalue weighted by molar-refractivity contribution is -0.135. The summed E-state index contributed by atoms with van der Waals surface area (Å²) >= 11 is 0.984. The zero-order valence-electron chi connectivity index (χ0n) is 16.1. The Balaban J connectivity index is 2.17. The predicted molar refractivity (Wildman–Crippen MR) is 111 cm³/mol. The number of nitrogens with zero attached hydrogens (tertiary/aromatic N) is 2. The summed E-state index contributed by atoms with van der Waals surface area (Å²) in [5.74, 6) is -1.42. The van der Waals surface area contributed by atoms with Gasteiger partial charge in [0.25, 0.3) is 11.8 Å².